The number of halogens is 1. The van der Waals surface area contributed by atoms with E-state index in [9.17, 15) is 0 Å². The normalized spacial score (nSPS) is 14.7. The fraction of sp³-hybridized carbons (Fsp3) is 0.636. The van der Waals surface area contributed by atoms with E-state index in [1.165, 1.54) is 0 Å². The van der Waals surface area contributed by atoms with Gasteiger partial charge in [0.25, 0.3) is 0 Å². The van der Waals surface area contributed by atoms with Gasteiger partial charge in [-0.15, -0.1) is 0 Å². The van der Waals surface area contributed by atoms with Gasteiger partial charge in [-0.2, -0.15) is 0 Å². The van der Waals surface area contributed by atoms with Gasteiger partial charge in [0.15, 0.2) is 0 Å². The maximum atomic E-state index is 4.44. The van der Waals surface area contributed by atoms with Gasteiger partial charge < -0.3 is 5.32 Å². The Morgan fingerprint density at radius 1 is 1.40 bits per heavy atom. The Kier molecular flexibility index (Phi) is 4.51. The molecule has 2 unspecified atom stereocenters. The van der Waals surface area contributed by atoms with Gasteiger partial charge in [-0.25, -0.2) is 4.98 Å². The van der Waals surface area contributed by atoms with E-state index in [0.29, 0.717) is 12.0 Å². The Labute approximate surface area is 99.8 Å². The summed E-state index contributed by atoms with van der Waals surface area (Å²) in [6.07, 6.45) is 1.79. The lowest BCUT2D eigenvalue weighted by Crippen LogP contribution is -2.26. The summed E-state index contributed by atoms with van der Waals surface area (Å²) >= 11 is 3.49. The highest BCUT2D eigenvalue weighted by Gasteiger charge is 2.12. The molecule has 0 aliphatic rings. The van der Waals surface area contributed by atoms with E-state index in [1.807, 2.05) is 13.8 Å². The van der Waals surface area contributed by atoms with Gasteiger partial charge in [0, 0.05) is 17.6 Å². The Balaban J connectivity index is 2.75. The zero-order valence-electron chi connectivity index (χ0n) is 9.71. The summed E-state index contributed by atoms with van der Waals surface area (Å²) in [5.74, 6) is 1.46. The molecule has 0 aliphatic carbocycles. The number of hydrogen-bond donors (Lipinski definition) is 1. The molecule has 1 heterocycles. The third kappa shape index (κ3) is 3.45. The van der Waals surface area contributed by atoms with Crippen LogP contribution < -0.4 is 5.32 Å². The number of hydrogen-bond acceptors (Lipinski definition) is 3. The van der Waals surface area contributed by atoms with Gasteiger partial charge in [0.2, 0.25) is 0 Å². The average Bonchev–Trinajstić information content (AvgIpc) is 2.22. The molecule has 0 saturated carbocycles. The Hall–Kier alpha value is -0.640. The van der Waals surface area contributed by atoms with Crippen LogP contribution in [0, 0.1) is 19.8 Å². The van der Waals surface area contributed by atoms with Gasteiger partial charge in [-0.1, -0.05) is 22.9 Å². The first-order chi connectivity index (χ1) is 7.04. The molecule has 1 N–H and O–H groups in total. The maximum absolute atomic E-state index is 4.44. The second-order valence-electron chi connectivity index (χ2n) is 4.01. The first kappa shape index (κ1) is 12.4. The zero-order valence-corrected chi connectivity index (χ0v) is 11.3. The molecule has 0 saturated heterocycles. The first-order valence-electron chi connectivity index (χ1n) is 5.17. The van der Waals surface area contributed by atoms with Crippen molar-refractivity contribution in [1.29, 1.82) is 0 Å². The topological polar surface area (TPSA) is 37.8 Å². The monoisotopic (exact) mass is 271 g/mol. The van der Waals surface area contributed by atoms with Crippen LogP contribution >= 0.6 is 15.9 Å². The Morgan fingerprint density at radius 2 is 2.07 bits per heavy atom. The van der Waals surface area contributed by atoms with Crippen molar-refractivity contribution in [3.05, 3.63) is 17.6 Å². The minimum absolute atomic E-state index is 0.388. The second kappa shape index (κ2) is 5.45. The van der Waals surface area contributed by atoms with Crippen LogP contribution in [-0.4, -0.2) is 21.3 Å². The number of nitrogens with zero attached hydrogens (tertiary/aromatic N) is 2. The van der Waals surface area contributed by atoms with Crippen molar-refractivity contribution < 1.29 is 0 Å². The molecule has 2 atom stereocenters. The van der Waals surface area contributed by atoms with Crippen LogP contribution in [0.2, 0.25) is 0 Å². The van der Waals surface area contributed by atoms with Crippen LogP contribution in [0.25, 0.3) is 0 Å². The van der Waals surface area contributed by atoms with Crippen LogP contribution in [0.4, 0.5) is 5.82 Å². The number of alkyl halides is 1. The SMILES string of the molecule is Cc1cnc(C)c(NC(C)C(C)CBr)n1. The molecule has 4 heteroatoms. The molecule has 0 bridgehead atoms. The molecule has 1 aromatic heterocycles. The summed E-state index contributed by atoms with van der Waals surface area (Å²) < 4.78 is 0. The van der Waals surface area contributed by atoms with Gasteiger partial charge in [-0.05, 0) is 26.7 Å². The summed E-state index contributed by atoms with van der Waals surface area (Å²) in [4.78, 5) is 8.72. The van der Waals surface area contributed by atoms with Gasteiger partial charge >= 0.3 is 0 Å². The lowest BCUT2D eigenvalue weighted by molar-refractivity contribution is 0.569. The molecular weight excluding hydrogens is 254 g/mol. The van der Waals surface area contributed by atoms with Crippen molar-refractivity contribution in [3.8, 4) is 0 Å². The van der Waals surface area contributed by atoms with E-state index >= 15 is 0 Å². The Bertz CT molecular complexity index is 328. The smallest absolute Gasteiger partial charge is 0.147 e. The fourth-order valence-electron chi connectivity index (χ4n) is 1.17. The van der Waals surface area contributed by atoms with Crippen molar-refractivity contribution in [2.75, 3.05) is 10.6 Å². The van der Waals surface area contributed by atoms with Gasteiger partial charge in [0.05, 0.1) is 11.4 Å². The third-order valence-corrected chi connectivity index (χ3v) is 3.56. The standard InChI is InChI=1S/C11H18BrN3/c1-7(5-12)9(3)15-11-10(4)13-6-8(2)14-11/h6-7,9H,5H2,1-4H3,(H,14,15). The predicted molar refractivity (Wildman–Crippen MR) is 67.5 cm³/mol. The highest BCUT2D eigenvalue weighted by Crippen LogP contribution is 2.14. The quantitative estimate of drug-likeness (QED) is 0.856. The Morgan fingerprint density at radius 3 is 2.67 bits per heavy atom. The molecule has 3 nitrogen and oxygen atoms in total. The highest BCUT2D eigenvalue weighted by atomic mass is 79.9. The lowest BCUT2D eigenvalue weighted by atomic mass is 10.1. The van der Waals surface area contributed by atoms with Crippen LogP contribution in [0.15, 0.2) is 6.20 Å². The molecule has 0 spiro atoms. The van der Waals surface area contributed by atoms with Crippen molar-refractivity contribution in [1.82, 2.24) is 9.97 Å². The summed E-state index contributed by atoms with van der Waals surface area (Å²) in [5, 5.41) is 4.38. The van der Waals surface area contributed by atoms with E-state index < -0.39 is 0 Å². The molecule has 0 amide bonds. The number of aromatic nitrogens is 2. The van der Waals surface area contributed by atoms with E-state index in [4.69, 9.17) is 0 Å². The van der Waals surface area contributed by atoms with Crippen LogP contribution in [-0.2, 0) is 0 Å². The van der Waals surface area contributed by atoms with Crippen molar-refractivity contribution in [2.45, 2.75) is 33.7 Å². The lowest BCUT2D eigenvalue weighted by Gasteiger charge is -2.20. The number of rotatable bonds is 4. The van der Waals surface area contributed by atoms with Gasteiger partial charge in [-0.3, -0.25) is 4.98 Å². The summed E-state index contributed by atoms with van der Waals surface area (Å²) in [5.41, 5.74) is 1.90. The molecule has 84 valence electrons. The van der Waals surface area contributed by atoms with E-state index in [-0.39, 0.29) is 0 Å². The van der Waals surface area contributed by atoms with Crippen molar-refractivity contribution in [3.63, 3.8) is 0 Å². The summed E-state index contributed by atoms with van der Waals surface area (Å²) in [6.45, 7) is 8.29. The first-order valence-corrected chi connectivity index (χ1v) is 6.29. The maximum Gasteiger partial charge on any atom is 0.147 e. The van der Waals surface area contributed by atoms with Gasteiger partial charge in [0.1, 0.15) is 5.82 Å². The molecule has 0 radical (unpaired) electrons. The number of aryl methyl sites for hydroxylation is 2. The molecule has 0 fully saturated rings. The second-order valence-corrected chi connectivity index (χ2v) is 4.66. The largest absolute Gasteiger partial charge is 0.366 e. The van der Waals surface area contributed by atoms with Crippen LogP contribution in [0.5, 0.6) is 0 Å². The molecular formula is C11H18BrN3. The number of anilines is 1. The zero-order chi connectivity index (χ0) is 11.4. The molecule has 15 heavy (non-hydrogen) atoms. The highest BCUT2D eigenvalue weighted by molar-refractivity contribution is 9.09. The minimum atomic E-state index is 0.388. The fourth-order valence-corrected chi connectivity index (χ4v) is 1.73. The number of nitrogens with one attached hydrogen (secondary N) is 1. The van der Waals surface area contributed by atoms with E-state index in [0.717, 1.165) is 22.5 Å². The third-order valence-electron chi connectivity index (χ3n) is 2.54. The van der Waals surface area contributed by atoms with Crippen molar-refractivity contribution in [2.24, 2.45) is 5.92 Å². The van der Waals surface area contributed by atoms with Crippen molar-refractivity contribution >= 4 is 21.7 Å². The minimum Gasteiger partial charge on any atom is -0.366 e. The molecule has 1 rings (SSSR count). The van der Waals surface area contributed by atoms with E-state index in [2.05, 4.69) is 45.1 Å². The molecule has 0 aromatic carbocycles. The molecule has 1 aromatic rings. The van der Waals surface area contributed by atoms with Crippen LogP contribution in [0.3, 0.4) is 0 Å². The van der Waals surface area contributed by atoms with E-state index in [1.54, 1.807) is 6.20 Å². The predicted octanol–water partition coefficient (Wildman–Crippen LogP) is 2.92. The van der Waals surface area contributed by atoms with Crippen LogP contribution in [0.1, 0.15) is 25.2 Å². The molecule has 0 aliphatic heterocycles. The average molecular weight is 272 g/mol. The summed E-state index contributed by atoms with van der Waals surface area (Å²) in [7, 11) is 0. The summed E-state index contributed by atoms with van der Waals surface area (Å²) in [6, 6.07) is 0.388.